The molecule has 2 aliphatic rings. The second kappa shape index (κ2) is 7.79. The van der Waals surface area contributed by atoms with Gasteiger partial charge in [0.25, 0.3) is 0 Å². The smallest absolute Gasteiger partial charge is 0.238 e. The van der Waals surface area contributed by atoms with Gasteiger partial charge in [-0.2, -0.15) is 0 Å². The van der Waals surface area contributed by atoms with Crippen molar-refractivity contribution in [2.75, 3.05) is 31.6 Å². The van der Waals surface area contributed by atoms with E-state index < -0.39 is 0 Å². The molecule has 2 aromatic rings. The predicted octanol–water partition coefficient (Wildman–Crippen LogP) is 4.20. The van der Waals surface area contributed by atoms with Crippen molar-refractivity contribution in [2.45, 2.75) is 25.8 Å². The minimum Gasteiger partial charge on any atom is -0.486 e. The first-order chi connectivity index (χ1) is 13.1. The van der Waals surface area contributed by atoms with Crippen molar-refractivity contribution in [2.24, 2.45) is 0 Å². The van der Waals surface area contributed by atoms with E-state index >= 15 is 0 Å². The van der Waals surface area contributed by atoms with E-state index in [-0.39, 0.29) is 11.9 Å². The first-order valence-corrected chi connectivity index (χ1v) is 9.67. The molecular formula is C21H23ClN2O3. The van der Waals surface area contributed by atoms with Crippen molar-refractivity contribution in [3.63, 3.8) is 0 Å². The molecule has 2 aliphatic heterocycles. The van der Waals surface area contributed by atoms with Crippen LogP contribution in [-0.4, -0.2) is 37.1 Å². The quantitative estimate of drug-likeness (QED) is 0.855. The van der Waals surface area contributed by atoms with Gasteiger partial charge < -0.3 is 14.8 Å². The summed E-state index contributed by atoms with van der Waals surface area (Å²) in [7, 11) is 0. The zero-order chi connectivity index (χ0) is 18.8. The Morgan fingerprint density at radius 3 is 2.81 bits per heavy atom. The third-order valence-electron chi connectivity index (χ3n) is 5.12. The van der Waals surface area contributed by atoms with Crippen molar-refractivity contribution in [3.8, 4) is 11.5 Å². The van der Waals surface area contributed by atoms with Crippen LogP contribution >= 0.6 is 11.6 Å². The monoisotopic (exact) mass is 386 g/mol. The number of amides is 1. The van der Waals surface area contributed by atoms with Crippen LogP contribution in [0.15, 0.2) is 36.4 Å². The van der Waals surface area contributed by atoms with Gasteiger partial charge in [0.1, 0.15) is 13.2 Å². The summed E-state index contributed by atoms with van der Waals surface area (Å²) in [6.45, 7) is 4.36. The van der Waals surface area contributed by atoms with Gasteiger partial charge in [0.2, 0.25) is 5.91 Å². The normalized spacial score (nSPS) is 19.1. The average molecular weight is 387 g/mol. The maximum Gasteiger partial charge on any atom is 0.238 e. The molecule has 1 fully saturated rings. The van der Waals surface area contributed by atoms with Crippen molar-refractivity contribution in [1.82, 2.24) is 4.90 Å². The molecule has 1 N–H and O–H groups in total. The standard InChI is InChI=1S/C21H23ClN2O3/c1-14-4-6-16(12-17(14)22)23-21(25)13-24-8-2-3-18(24)15-5-7-19-20(11-15)27-10-9-26-19/h4-7,11-12,18H,2-3,8-10,13H2,1H3,(H,23,25)/t18-/m1/s1. The lowest BCUT2D eigenvalue weighted by atomic mass is 10.0. The number of hydrogen-bond donors (Lipinski definition) is 1. The molecule has 0 unspecified atom stereocenters. The molecule has 1 atom stereocenters. The van der Waals surface area contributed by atoms with Crippen LogP contribution < -0.4 is 14.8 Å². The van der Waals surface area contributed by atoms with E-state index in [2.05, 4.69) is 22.3 Å². The Morgan fingerprint density at radius 1 is 1.19 bits per heavy atom. The zero-order valence-electron chi connectivity index (χ0n) is 15.3. The van der Waals surface area contributed by atoms with E-state index in [1.54, 1.807) is 6.07 Å². The van der Waals surface area contributed by atoms with Gasteiger partial charge in [-0.15, -0.1) is 0 Å². The number of anilines is 1. The summed E-state index contributed by atoms with van der Waals surface area (Å²) in [6.07, 6.45) is 2.10. The molecule has 1 amide bonds. The molecule has 0 spiro atoms. The molecule has 2 aromatic carbocycles. The summed E-state index contributed by atoms with van der Waals surface area (Å²) >= 11 is 6.15. The van der Waals surface area contributed by atoms with Crippen LogP contribution in [0, 0.1) is 6.92 Å². The molecule has 0 bridgehead atoms. The van der Waals surface area contributed by atoms with Gasteiger partial charge in [0.15, 0.2) is 11.5 Å². The number of fused-ring (bicyclic) bond motifs is 1. The van der Waals surface area contributed by atoms with Crippen molar-refractivity contribution in [1.29, 1.82) is 0 Å². The van der Waals surface area contributed by atoms with Gasteiger partial charge in [0.05, 0.1) is 6.54 Å². The highest BCUT2D eigenvalue weighted by Crippen LogP contribution is 2.37. The Balaban J connectivity index is 1.43. The fraction of sp³-hybridized carbons (Fsp3) is 0.381. The van der Waals surface area contributed by atoms with Crippen LogP contribution in [0.4, 0.5) is 5.69 Å². The van der Waals surface area contributed by atoms with Crippen molar-refractivity contribution >= 4 is 23.2 Å². The summed E-state index contributed by atoms with van der Waals surface area (Å²) < 4.78 is 11.3. The maximum absolute atomic E-state index is 12.5. The van der Waals surface area contributed by atoms with Crippen LogP contribution in [-0.2, 0) is 4.79 Å². The lowest BCUT2D eigenvalue weighted by Gasteiger charge is -2.26. The number of halogens is 1. The molecule has 5 nitrogen and oxygen atoms in total. The third-order valence-corrected chi connectivity index (χ3v) is 5.52. The fourth-order valence-corrected chi connectivity index (χ4v) is 3.90. The van der Waals surface area contributed by atoms with Crippen LogP contribution in [0.1, 0.15) is 30.0 Å². The number of rotatable bonds is 4. The minimum absolute atomic E-state index is 0.0284. The lowest BCUT2D eigenvalue weighted by Crippen LogP contribution is -2.33. The van der Waals surface area contributed by atoms with Gasteiger partial charge in [-0.05, 0) is 61.7 Å². The van der Waals surface area contributed by atoms with E-state index in [4.69, 9.17) is 21.1 Å². The van der Waals surface area contributed by atoms with Gasteiger partial charge in [0, 0.05) is 16.8 Å². The Kier molecular flexibility index (Phi) is 5.23. The number of carbonyl (C=O) groups is 1. The first kappa shape index (κ1) is 18.1. The SMILES string of the molecule is Cc1ccc(NC(=O)CN2CCC[C@@H]2c2ccc3c(c2)OCCO3)cc1Cl. The summed E-state index contributed by atoms with van der Waals surface area (Å²) in [5.41, 5.74) is 2.89. The highest BCUT2D eigenvalue weighted by molar-refractivity contribution is 6.31. The molecule has 6 heteroatoms. The van der Waals surface area contributed by atoms with Crippen LogP contribution in [0.25, 0.3) is 0 Å². The highest BCUT2D eigenvalue weighted by Gasteiger charge is 2.28. The Bertz CT molecular complexity index is 855. The number of aryl methyl sites for hydroxylation is 1. The Morgan fingerprint density at radius 2 is 2.00 bits per heavy atom. The minimum atomic E-state index is -0.0284. The molecule has 0 saturated carbocycles. The molecule has 1 saturated heterocycles. The van der Waals surface area contributed by atoms with Crippen LogP contribution in [0.5, 0.6) is 11.5 Å². The number of nitrogens with zero attached hydrogens (tertiary/aromatic N) is 1. The fourth-order valence-electron chi connectivity index (χ4n) is 3.72. The number of ether oxygens (including phenoxy) is 2. The van der Waals surface area contributed by atoms with Gasteiger partial charge >= 0.3 is 0 Å². The zero-order valence-corrected chi connectivity index (χ0v) is 16.1. The van der Waals surface area contributed by atoms with E-state index in [0.29, 0.717) is 24.8 Å². The number of likely N-dealkylation sites (tertiary alicyclic amines) is 1. The number of hydrogen-bond acceptors (Lipinski definition) is 4. The predicted molar refractivity (Wildman–Crippen MR) is 106 cm³/mol. The summed E-state index contributed by atoms with van der Waals surface area (Å²) in [5, 5.41) is 3.60. The van der Waals surface area contributed by atoms with Crippen molar-refractivity contribution in [3.05, 3.63) is 52.5 Å². The Labute approximate surface area is 164 Å². The highest BCUT2D eigenvalue weighted by atomic mass is 35.5. The number of benzene rings is 2. The van der Waals surface area contributed by atoms with Gasteiger partial charge in [-0.3, -0.25) is 9.69 Å². The molecule has 27 heavy (non-hydrogen) atoms. The summed E-state index contributed by atoms with van der Waals surface area (Å²) in [5.74, 6) is 1.56. The maximum atomic E-state index is 12.5. The molecule has 0 aliphatic carbocycles. The summed E-state index contributed by atoms with van der Waals surface area (Å²) in [6, 6.07) is 11.9. The molecule has 142 valence electrons. The molecular weight excluding hydrogens is 364 g/mol. The topological polar surface area (TPSA) is 50.8 Å². The second-order valence-electron chi connectivity index (χ2n) is 7.04. The average Bonchev–Trinajstić information content (AvgIpc) is 3.12. The second-order valence-corrected chi connectivity index (χ2v) is 7.45. The summed E-state index contributed by atoms with van der Waals surface area (Å²) in [4.78, 5) is 14.8. The van der Waals surface area contributed by atoms with E-state index in [0.717, 1.165) is 42.1 Å². The molecule has 4 rings (SSSR count). The van der Waals surface area contributed by atoms with E-state index in [1.165, 1.54) is 5.56 Å². The van der Waals surface area contributed by atoms with Crippen LogP contribution in [0.3, 0.4) is 0 Å². The molecule has 0 radical (unpaired) electrons. The van der Waals surface area contributed by atoms with E-state index in [9.17, 15) is 4.79 Å². The molecule has 0 aromatic heterocycles. The molecule has 2 heterocycles. The van der Waals surface area contributed by atoms with Gasteiger partial charge in [-0.25, -0.2) is 0 Å². The number of carbonyl (C=O) groups excluding carboxylic acids is 1. The third kappa shape index (κ3) is 4.04. The lowest BCUT2D eigenvalue weighted by molar-refractivity contribution is -0.117. The first-order valence-electron chi connectivity index (χ1n) is 9.30. The van der Waals surface area contributed by atoms with Crippen molar-refractivity contribution < 1.29 is 14.3 Å². The van der Waals surface area contributed by atoms with Gasteiger partial charge in [-0.1, -0.05) is 23.7 Å². The van der Waals surface area contributed by atoms with E-state index in [1.807, 2.05) is 25.1 Å². The Hall–Kier alpha value is -2.24. The van der Waals surface area contributed by atoms with Crippen LogP contribution in [0.2, 0.25) is 5.02 Å². The largest absolute Gasteiger partial charge is 0.486 e. The number of nitrogens with one attached hydrogen (secondary N) is 1.